The Hall–Kier alpha value is -3.97. The van der Waals surface area contributed by atoms with Crippen molar-refractivity contribution < 1.29 is 19.4 Å². The zero-order chi connectivity index (χ0) is 24.3. The van der Waals surface area contributed by atoms with Crippen LogP contribution in [0.15, 0.2) is 54.9 Å². The summed E-state index contributed by atoms with van der Waals surface area (Å²) >= 11 is 0. The molecule has 0 bridgehead atoms. The molecule has 0 saturated heterocycles. The zero-order valence-corrected chi connectivity index (χ0v) is 19.8. The predicted molar refractivity (Wildman–Crippen MR) is 135 cm³/mol. The van der Waals surface area contributed by atoms with Gasteiger partial charge in [0.05, 0.1) is 29.4 Å². The average molecular weight is 468 g/mol. The van der Waals surface area contributed by atoms with Gasteiger partial charge in [-0.1, -0.05) is 24.3 Å². The number of nitrogens with zero attached hydrogens (tertiary/aromatic N) is 2. The van der Waals surface area contributed by atoms with Gasteiger partial charge >= 0.3 is 5.97 Å². The molecule has 0 unspecified atom stereocenters. The van der Waals surface area contributed by atoms with Gasteiger partial charge in [-0.25, -0.2) is 4.79 Å². The standard InChI is InChI=1S/C28H25N3O4/c1-28(2,3)35-26(27(32)33)23-19-14-30-31-24(19)17-7-5-4-6-16(17)22(23)18-8-9-20-21-15(11-13-34-20)10-12-29-25(18)21/h4-10,12,14,26H,11,13H2,1-3H3,(H,30,31)(H,32,33)/t26-/m0/s1. The van der Waals surface area contributed by atoms with Crippen LogP contribution < -0.4 is 4.74 Å². The lowest BCUT2D eigenvalue weighted by Gasteiger charge is -2.28. The van der Waals surface area contributed by atoms with Crippen LogP contribution in [-0.4, -0.2) is 38.5 Å². The number of fused-ring (bicyclic) bond motifs is 3. The second-order valence-corrected chi connectivity index (χ2v) is 9.84. The Bertz CT molecular complexity index is 1620. The lowest BCUT2D eigenvalue weighted by molar-refractivity contribution is -0.160. The monoisotopic (exact) mass is 467 g/mol. The average Bonchev–Trinajstić information content (AvgIpc) is 3.32. The quantitative estimate of drug-likeness (QED) is 0.346. The van der Waals surface area contributed by atoms with Gasteiger partial charge in [0.15, 0.2) is 6.10 Å². The van der Waals surface area contributed by atoms with Crippen LogP contribution >= 0.6 is 0 Å². The first-order chi connectivity index (χ1) is 16.8. The molecule has 6 rings (SSSR count). The van der Waals surface area contributed by atoms with E-state index in [1.165, 1.54) is 5.56 Å². The molecule has 1 aliphatic rings. The summed E-state index contributed by atoms with van der Waals surface area (Å²) in [6.07, 6.45) is 3.09. The van der Waals surface area contributed by atoms with Gasteiger partial charge in [0.1, 0.15) is 5.75 Å². The maximum absolute atomic E-state index is 12.7. The molecule has 5 aromatic rings. The molecule has 2 N–H and O–H groups in total. The molecule has 0 fully saturated rings. The molecule has 0 aliphatic carbocycles. The van der Waals surface area contributed by atoms with Gasteiger partial charge in [-0.3, -0.25) is 10.1 Å². The summed E-state index contributed by atoms with van der Waals surface area (Å²) in [6.45, 7) is 6.20. The Morgan fingerprint density at radius 2 is 1.91 bits per heavy atom. The van der Waals surface area contributed by atoms with Crippen molar-refractivity contribution in [1.82, 2.24) is 15.2 Å². The number of benzene rings is 3. The largest absolute Gasteiger partial charge is 0.493 e. The number of carbonyl (C=O) groups is 1. The normalized spacial score (nSPS) is 14.4. The Kier molecular flexibility index (Phi) is 4.79. The van der Waals surface area contributed by atoms with E-state index in [-0.39, 0.29) is 0 Å². The number of ether oxygens (including phenoxy) is 2. The molecule has 0 spiro atoms. The van der Waals surface area contributed by atoms with Crippen LogP contribution in [0.1, 0.15) is 38.0 Å². The number of aromatic amines is 1. The van der Waals surface area contributed by atoms with Crippen molar-refractivity contribution in [3.63, 3.8) is 0 Å². The maximum Gasteiger partial charge on any atom is 0.337 e. The van der Waals surface area contributed by atoms with Crippen molar-refractivity contribution in [2.45, 2.75) is 38.9 Å². The second kappa shape index (κ2) is 7.78. The first kappa shape index (κ1) is 21.6. The third kappa shape index (κ3) is 3.42. The van der Waals surface area contributed by atoms with Crippen LogP contribution in [0, 0.1) is 0 Å². The van der Waals surface area contributed by atoms with Crippen LogP contribution in [0.4, 0.5) is 0 Å². The first-order valence-electron chi connectivity index (χ1n) is 11.7. The van der Waals surface area contributed by atoms with E-state index in [9.17, 15) is 9.90 Å². The van der Waals surface area contributed by atoms with Gasteiger partial charge in [-0.2, -0.15) is 5.10 Å². The van der Waals surface area contributed by atoms with Gasteiger partial charge in [-0.15, -0.1) is 0 Å². The fraction of sp³-hybridized carbons (Fsp3) is 0.250. The van der Waals surface area contributed by atoms with E-state index in [1.54, 1.807) is 6.20 Å². The molecule has 3 aromatic carbocycles. The minimum Gasteiger partial charge on any atom is -0.493 e. The van der Waals surface area contributed by atoms with Crippen LogP contribution in [0.5, 0.6) is 5.75 Å². The second-order valence-electron chi connectivity index (χ2n) is 9.84. The van der Waals surface area contributed by atoms with E-state index >= 15 is 0 Å². The molecule has 35 heavy (non-hydrogen) atoms. The van der Waals surface area contributed by atoms with Gasteiger partial charge in [0, 0.05) is 39.9 Å². The summed E-state index contributed by atoms with van der Waals surface area (Å²) < 4.78 is 12.1. The minimum atomic E-state index is -1.21. The van der Waals surface area contributed by atoms with E-state index < -0.39 is 17.7 Å². The molecule has 1 aliphatic heterocycles. The Morgan fingerprint density at radius 1 is 1.11 bits per heavy atom. The summed E-state index contributed by atoms with van der Waals surface area (Å²) in [5, 5.41) is 21.3. The van der Waals surface area contributed by atoms with E-state index in [2.05, 4.69) is 10.2 Å². The Labute approximate surface area is 201 Å². The predicted octanol–water partition coefficient (Wildman–Crippen LogP) is 5.81. The van der Waals surface area contributed by atoms with E-state index in [1.807, 2.05) is 69.4 Å². The number of nitrogens with one attached hydrogen (secondary N) is 1. The van der Waals surface area contributed by atoms with Crippen LogP contribution in [0.25, 0.3) is 43.7 Å². The van der Waals surface area contributed by atoms with Gasteiger partial charge in [0.25, 0.3) is 0 Å². The van der Waals surface area contributed by atoms with Crippen molar-refractivity contribution >= 4 is 38.5 Å². The molecule has 0 radical (unpaired) electrons. The fourth-order valence-electron chi connectivity index (χ4n) is 5.15. The number of aromatic nitrogens is 3. The van der Waals surface area contributed by atoms with Gasteiger partial charge in [-0.05, 0) is 55.5 Å². The number of carboxylic acid groups (broad SMARTS) is 1. The molecule has 0 saturated carbocycles. The summed E-state index contributed by atoms with van der Waals surface area (Å²) in [7, 11) is 0. The smallest absolute Gasteiger partial charge is 0.337 e. The number of hydrogen-bond donors (Lipinski definition) is 2. The number of carboxylic acids is 1. The van der Waals surface area contributed by atoms with E-state index in [0.29, 0.717) is 17.6 Å². The third-order valence-electron chi connectivity index (χ3n) is 6.46. The lowest BCUT2D eigenvalue weighted by atomic mass is 9.86. The van der Waals surface area contributed by atoms with Crippen molar-refractivity contribution in [2.75, 3.05) is 6.61 Å². The number of H-pyrrole nitrogens is 1. The minimum absolute atomic E-state index is 0.564. The van der Waals surface area contributed by atoms with Crippen LogP contribution in [0.3, 0.4) is 0 Å². The van der Waals surface area contributed by atoms with E-state index in [4.69, 9.17) is 14.5 Å². The molecule has 176 valence electrons. The Morgan fingerprint density at radius 3 is 2.69 bits per heavy atom. The van der Waals surface area contributed by atoms with Crippen LogP contribution in [0.2, 0.25) is 0 Å². The summed E-state index contributed by atoms with van der Waals surface area (Å²) in [6, 6.07) is 13.9. The van der Waals surface area contributed by atoms with Crippen molar-refractivity contribution in [1.29, 1.82) is 0 Å². The van der Waals surface area contributed by atoms with Crippen molar-refractivity contribution in [3.8, 4) is 16.9 Å². The topological polar surface area (TPSA) is 97.3 Å². The number of pyridine rings is 1. The fourth-order valence-corrected chi connectivity index (χ4v) is 5.15. The third-order valence-corrected chi connectivity index (χ3v) is 6.46. The van der Waals surface area contributed by atoms with Crippen LogP contribution in [-0.2, 0) is 16.0 Å². The summed E-state index contributed by atoms with van der Waals surface area (Å²) in [5.41, 5.74) is 4.25. The Balaban J connectivity index is 1.79. The SMILES string of the molecule is CC(C)(C)O[C@H](C(=O)O)c1c(-c2ccc3c4c(ccnc24)CCO3)c2ccccc2c2[nH]ncc12. The zero-order valence-electron chi connectivity index (χ0n) is 19.8. The molecule has 2 aromatic heterocycles. The van der Waals surface area contributed by atoms with Gasteiger partial charge < -0.3 is 14.6 Å². The molecule has 7 nitrogen and oxygen atoms in total. The summed E-state index contributed by atoms with van der Waals surface area (Å²) in [4.78, 5) is 17.5. The van der Waals surface area contributed by atoms with Gasteiger partial charge in [0.2, 0.25) is 0 Å². The summed E-state index contributed by atoms with van der Waals surface area (Å²) in [5.74, 6) is -0.257. The molecular weight excluding hydrogens is 442 g/mol. The molecule has 1 atom stereocenters. The molecule has 3 heterocycles. The molecular formula is C28H25N3O4. The lowest BCUT2D eigenvalue weighted by Crippen LogP contribution is -2.28. The highest BCUT2D eigenvalue weighted by Gasteiger charge is 2.33. The van der Waals surface area contributed by atoms with Crippen molar-refractivity contribution in [3.05, 3.63) is 66.0 Å². The highest BCUT2D eigenvalue weighted by atomic mass is 16.5. The molecule has 7 heteroatoms. The number of hydrogen-bond acceptors (Lipinski definition) is 5. The van der Waals surface area contributed by atoms with Crippen molar-refractivity contribution in [2.24, 2.45) is 0 Å². The highest BCUT2D eigenvalue weighted by molar-refractivity contribution is 6.18. The van der Waals surface area contributed by atoms with E-state index in [0.717, 1.165) is 50.5 Å². The number of aliphatic carboxylic acids is 1. The highest BCUT2D eigenvalue weighted by Crippen LogP contribution is 2.46. The maximum atomic E-state index is 12.7. The molecule has 0 amide bonds. The number of rotatable bonds is 4. The first-order valence-corrected chi connectivity index (χ1v) is 11.7.